The number of anilines is 1. The molecule has 1 aromatic heterocycles. The number of rotatable bonds is 6. The van der Waals surface area contributed by atoms with Crippen LogP contribution in [0.1, 0.15) is 81.8 Å². The highest BCUT2D eigenvalue weighted by Gasteiger charge is 2.53. The summed E-state index contributed by atoms with van der Waals surface area (Å²) in [6.07, 6.45) is 3.85. The molecule has 1 amide bonds. The average Bonchev–Trinajstić information content (AvgIpc) is 3.72. The highest BCUT2D eigenvalue weighted by Crippen LogP contribution is 2.48. The number of amides is 1. The summed E-state index contributed by atoms with van der Waals surface area (Å²) in [6.45, 7) is 10.5. The second kappa shape index (κ2) is 9.03. The van der Waals surface area contributed by atoms with Crippen molar-refractivity contribution in [2.24, 2.45) is 5.92 Å². The van der Waals surface area contributed by atoms with E-state index in [1.807, 2.05) is 32.6 Å². The first-order valence-corrected chi connectivity index (χ1v) is 13.3. The van der Waals surface area contributed by atoms with Crippen LogP contribution in [0.25, 0.3) is 10.9 Å². The third-order valence-corrected chi connectivity index (χ3v) is 7.71. The molecule has 2 aromatic rings. The van der Waals surface area contributed by atoms with E-state index < -0.39 is 17.7 Å². The molecule has 1 atom stereocenters. The number of esters is 1. The number of halogens is 1. The van der Waals surface area contributed by atoms with Gasteiger partial charge in [-0.3, -0.25) is 4.79 Å². The van der Waals surface area contributed by atoms with Crippen molar-refractivity contribution in [1.29, 1.82) is 0 Å². The van der Waals surface area contributed by atoms with Gasteiger partial charge in [-0.05, 0) is 84.4 Å². The monoisotopic (exact) mass is 513 g/mol. The second-order valence-corrected chi connectivity index (χ2v) is 11.7. The first kappa shape index (κ1) is 25.5. The summed E-state index contributed by atoms with van der Waals surface area (Å²) >= 11 is 0. The lowest BCUT2D eigenvalue weighted by Crippen LogP contribution is -2.45. The molecule has 2 saturated carbocycles. The van der Waals surface area contributed by atoms with Gasteiger partial charge < -0.3 is 24.3 Å². The molecule has 0 spiro atoms. The molecule has 1 aromatic carbocycles. The Morgan fingerprint density at radius 2 is 1.89 bits per heavy atom. The second-order valence-electron chi connectivity index (χ2n) is 11.7. The van der Waals surface area contributed by atoms with Crippen molar-refractivity contribution in [3.8, 4) is 0 Å². The number of nitrogens with zero attached hydrogens (tertiary/aromatic N) is 2. The number of alkyl carbamates (subject to hydrolysis) is 1. The molecule has 3 aliphatic rings. The summed E-state index contributed by atoms with van der Waals surface area (Å²) in [7, 11) is 0. The SMILES string of the molecule is CCOC(=O)c1cc2cc(F)c(N3CCC(C4(NC(=O)OC(C)(C)C)CC4)C3)c(C)c2n(C2CC2)c1=O. The molecule has 8 nitrogen and oxygen atoms in total. The van der Waals surface area contributed by atoms with Crippen molar-refractivity contribution in [3.63, 3.8) is 0 Å². The van der Waals surface area contributed by atoms with Crippen LogP contribution in [-0.2, 0) is 9.47 Å². The first-order chi connectivity index (χ1) is 17.4. The number of benzene rings is 1. The van der Waals surface area contributed by atoms with E-state index >= 15 is 4.39 Å². The van der Waals surface area contributed by atoms with Gasteiger partial charge >= 0.3 is 12.1 Å². The highest BCUT2D eigenvalue weighted by molar-refractivity contribution is 5.96. The molecule has 0 bridgehead atoms. The number of ether oxygens (including phenoxy) is 2. The molecule has 1 unspecified atom stereocenters. The molecule has 3 fully saturated rings. The van der Waals surface area contributed by atoms with E-state index in [1.165, 1.54) is 12.1 Å². The van der Waals surface area contributed by atoms with E-state index in [2.05, 4.69) is 5.32 Å². The molecular formula is C28H36FN3O5. The Balaban J connectivity index is 1.47. The van der Waals surface area contributed by atoms with Gasteiger partial charge in [0.1, 0.15) is 17.0 Å². The van der Waals surface area contributed by atoms with Crippen molar-refractivity contribution in [2.75, 3.05) is 24.6 Å². The topological polar surface area (TPSA) is 89.9 Å². The molecule has 0 radical (unpaired) electrons. The minimum Gasteiger partial charge on any atom is -0.462 e. The van der Waals surface area contributed by atoms with Gasteiger partial charge in [0.25, 0.3) is 5.56 Å². The lowest BCUT2D eigenvalue weighted by Gasteiger charge is -2.28. The summed E-state index contributed by atoms with van der Waals surface area (Å²) in [4.78, 5) is 40.3. The van der Waals surface area contributed by atoms with Crippen molar-refractivity contribution < 1.29 is 23.5 Å². The van der Waals surface area contributed by atoms with Crippen LogP contribution in [0.4, 0.5) is 14.9 Å². The summed E-state index contributed by atoms with van der Waals surface area (Å²) in [5, 5.41) is 3.62. The van der Waals surface area contributed by atoms with E-state index in [0.29, 0.717) is 35.2 Å². The van der Waals surface area contributed by atoms with Gasteiger partial charge in [-0.1, -0.05) is 0 Å². The van der Waals surface area contributed by atoms with Crippen LogP contribution in [0.15, 0.2) is 16.9 Å². The van der Waals surface area contributed by atoms with E-state index in [4.69, 9.17) is 9.47 Å². The van der Waals surface area contributed by atoms with Crippen LogP contribution in [0.2, 0.25) is 0 Å². The van der Waals surface area contributed by atoms with Crippen molar-refractivity contribution in [2.45, 2.75) is 83.9 Å². The van der Waals surface area contributed by atoms with Crippen molar-refractivity contribution in [3.05, 3.63) is 39.4 Å². The zero-order chi connectivity index (χ0) is 26.7. The van der Waals surface area contributed by atoms with Gasteiger partial charge in [0.05, 0.1) is 17.8 Å². The third-order valence-electron chi connectivity index (χ3n) is 7.71. The lowest BCUT2D eigenvalue weighted by molar-refractivity contribution is 0.0475. The number of hydrogen-bond donors (Lipinski definition) is 1. The quantitative estimate of drug-likeness (QED) is 0.556. The number of pyridine rings is 1. The number of carbonyl (C=O) groups excluding carboxylic acids is 2. The van der Waals surface area contributed by atoms with E-state index in [9.17, 15) is 14.4 Å². The van der Waals surface area contributed by atoms with Gasteiger partial charge in [-0.15, -0.1) is 0 Å². The molecule has 1 aliphatic heterocycles. The Bertz CT molecular complexity index is 1320. The maximum atomic E-state index is 15.7. The van der Waals surface area contributed by atoms with Crippen LogP contribution in [0, 0.1) is 18.7 Å². The fourth-order valence-electron chi connectivity index (χ4n) is 5.78. The number of fused-ring (bicyclic) bond motifs is 1. The highest BCUT2D eigenvalue weighted by atomic mass is 19.1. The van der Waals surface area contributed by atoms with E-state index in [0.717, 1.165) is 32.1 Å². The molecule has 200 valence electrons. The van der Waals surface area contributed by atoms with Gasteiger partial charge in [-0.2, -0.15) is 0 Å². The maximum Gasteiger partial charge on any atom is 0.408 e. The first-order valence-electron chi connectivity index (χ1n) is 13.3. The normalized spacial score (nSPS) is 20.7. The zero-order valence-corrected chi connectivity index (χ0v) is 22.3. The maximum absolute atomic E-state index is 15.7. The minimum absolute atomic E-state index is 0.000441. The van der Waals surface area contributed by atoms with Crippen LogP contribution in [-0.4, -0.2) is 47.5 Å². The molecule has 2 aliphatic carbocycles. The Morgan fingerprint density at radius 1 is 1.19 bits per heavy atom. The molecule has 5 rings (SSSR count). The van der Waals surface area contributed by atoms with Gasteiger partial charge in [0.2, 0.25) is 0 Å². The fraction of sp³-hybridized carbons (Fsp3) is 0.607. The van der Waals surface area contributed by atoms with Crippen molar-refractivity contribution in [1.82, 2.24) is 9.88 Å². The van der Waals surface area contributed by atoms with Crippen LogP contribution < -0.4 is 15.8 Å². The fourth-order valence-corrected chi connectivity index (χ4v) is 5.78. The predicted octanol–water partition coefficient (Wildman–Crippen LogP) is 4.84. The standard InChI is InChI=1S/C28H36FN3O5/c1-6-36-25(34)20-13-17-14-21(29)23(16(2)22(17)32(24(20)33)19-7-8-19)31-12-9-18(15-31)28(10-11-28)30-26(35)37-27(3,4)5/h13-14,18-19H,6-12,15H2,1-5H3,(H,30,35). The van der Waals surface area contributed by atoms with Gasteiger partial charge in [-0.25, -0.2) is 14.0 Å². The van der Waals surface area contributed by atoms with Gasteiger partial charge in [0, 0.05) is 36.0 Å². The van der Waals surface area contributed by atoms with E-state index in [1.54, 1.807) is 11.5 Å². The summed E-state index contributed by atoms with van der Waals surface area (Å²) in [5.74, 6) is -0.890. The number of hydrogen-bond acceptors (Lipinski definition) is 6. The largest absolute Gasteiger partial charge is 0.462 e. The van der Waals surface area contributed by atoms with E-state index in [-0.39, 0.29) is 41.0 Å². The van der Waals surface area contributed by atoms with Gasteiger partial charge in [0.15, 0.2) is 0 Å². The van der Waals surface area contributed by atoms with Crippen LogP contribution in [0.3, 0.4) is 0 Å². The molecular weight excluding hydrogens is 477 g/mol. The predicted molar refractivity (Wildman–Crippen MR) is 139 cm³/mol. The number of nitrogens with one attached hydrogen (secondary N) is 1. The number of aryl methyl sites for hydroxylation is 1. The molecule has 1 N–H and O–H groups in total. The van der Waals surface area contributed by atoms with Crippen LogP contribution >= 0.6 is 0 Å². The Hall–Kier alpha value is -3.10. The van der Waals surface area contributed by atoms with Crippen LogP contribution in [0.5, 0.6) is 0 Å². The summed E-state index contributed by atoms with van der Waals surface area (Å²) in [6, 6.07) is 2.89. The minimum atomic E-state index is -0.680. The summed E-state index contributed by atoms with van der Waals surface area (Å²) < 4.78 is 27.9. The number of carbonyl (C=O) groups is 2. The lowest BCUT2D eigenvalue weighted by atomic mass is 9.96. The van der Waals surface area contributed by atoms with Crippen molar-refractivity contribution >= 4 is 28.7 Å². The number of aromatic nitrogens is 1. The Labute approximate surface area is 216 Å². The molecule has 37 heavy (non-hydrogen) atoms. The molecule has 9 heteroatoms. The smallest absolute Gasteiger partial charge is 0.408 e. The zero-order valence-electron chi connectivity index (χ0n) is 22.3. The Morgan fingerprint density at radius 3 is 2.49 bits per heavy atom. The Kier molecular flexibility index (Phi) is 6.23. The average molecular weight is 514 g/mol. The third kappa shape index (κ3) is 4.80. The molecule has 2 heterocycles. The molecule has 1 saturated heterocycles. The summed E-state index contributed by atoms with van der Waals surface area (Å²) in [5.41, 5.74) is 0.528.